The number of rotatable bonds is 2. The smallest absolute Gasteiger partial charge is 0.159 e. The van der Waals surface area contributed by atoms with Crippen LogP contribution in [0.15, 0.2) is 36.5 Å². The summed E-state index contributed by atoms with van der Waals surface area (Å²) in [6.45, 7) is 1.52. The zero-order chi connectivity index (χ0) is 11.5. The van der Waals surface area contributed by atoms with Gasteiger partial charge in [0.1, 0.15) is 11.8 Å². The van der Waals surface area contributed by atoms with Gasteiger partial charge in [-0.2, -0.15) is 10.4 Å². The molecule has 0 fully saturated rings. The zero-order valence-corrected chi connectivity index (χ0v) is 8.71. The van der Waals surface area contributed by atoms with E-state index in [9.17, 15) is 4.79 Å². The van der Waals surface area contributed by atoms with Crippen LogP contribution < -0.4 is 0 Å². The summed E-state index contributed by atoms with van der Waals surface area (Å²) in [5.74, 6) is 0.0209. The van der Waals surface area contributed by atoms with E-state index in [1.165, 1.54) is 11.6 Å². The molecule has 4 heteroatoms. The number of ketones is 1. The standard InChI is InChI=1S/C12H9N3O/c1-9(16)10-2-4-11(5-3-10)15-12(8-13)6-7-14-15/h2-7H,1H3. The lowest BCUT2D eigenvalue weighted by molar-refractivity contribution is 0.101. The summed E-state index contributed by atoms with van der Waals surface area (Å²) >= 11 is 0. The first-order valence-corrected chi connectivity index (χ1v) is 4.78. The van der Waals surface area contributed by atoms with Crippen molar-refractivity contribution in [3.8, 4) is 11.8 Å². The Morgan fingerprint density at radius 1 is 1.31 bits per heavy atom. The van der Waals surface area contributed by atoms with Crippen LogP contribution in [-0.4, -0.2) is 15.6 Å². The molecule has 0 amide bonds. The van der Waals surface area contributed by atoms with Gasteiger partial charge in [0, 0.05) is 5.56 Å². The molecule has 0 aliphatic carbocycles. The minimum atomic E-state index is 0.0209. The molecule has 0 radical (unpaired) electrons. The maximum absolute atomic E-state index is 11.1. The topological polar surface area (TPSA) is 58.7 Å². The van der Waals surface area contributed by atoms with Crippen molar-refractivity contribution in [2.45, 2.75) is 6.92 Å². The SMILES string of the molecule is CC(=O)c1ccc(-n2nccc2C#N)cc1. The molecule has 0 N–H and O–H groups in total. The van der Waals surface area contributed by atoms with Gasteiger partial charge < -0.3 is 0 Å². The lowest BCUT2D eigenvalue weighted by atomic mass is 10.1. The molecule has 2 rings (SSSR count). The summed E-state index contributed by atoms with van der Waals surface area (Å²) in [6.07, 6.45) is 1.57. The Morgan fingerprint density at radius 2 is 2.00 bits per heavy atom. The Hall–Kier alpha value is -2.41. The van der Waals surface area contributed by atoms with Gasteiger partial charge in [0.25, 0.3) is 0 Å². The van der Waals surface area contributed by atoms with E-state index in [0.717, 1.165) is 5.69 Å². The third-order valence-corrected chi connectivity index (χ3v) is 2.28. The number of hydrogen-bond acceptors (Lipinski definition) is 3. The first-order chi connectivity index (χ1) is 7.72. The van der Waals surface area contributed by atoms with Gasteiger partial charge in [-0.05, 0) is 37.3 Å². The van der Waals surface area contributed by atoms with Gasteiger partial charge >= 0.3 is 0 Å². The molecule has 0 spiro atoms. The molecule has 16 heavy (non-hydrogen) atoms. The monoisotopic (exact) mass is 211 g/mol. The van der Waals surface area contributed by atoms with E-state index in [1.54, 1.807) is 36.5 Å². The molecule has 78 valence electrons. The summed E-state index contributed by atoms with van der Waals surface area (Å²) in [6, 6.07) is 10.7. The Kier molecular flexibility index (Phi) is 2.52. The highest BCUT2D eigenvalue weighted by molar-refractivity contribution is 5.94. The summed E-state index contributed by atoms with van der Waals surface area (Å²) in [7, 11) is 0. The second-order valence-corrected chi connectivity index (χ2v) is 3.34. The molecule has 0 atom stereocenters. The highest BCUT2D eigenvalue weighted by Gasteiger charge is 2.04. The van der Waals surface area contributed by atoms with Crippen LogP contribution in [0.5, 0.6) is 0 Å². The van der Waals surface area contributed by atoms with Crippen molar-refractivity contribution in [3.05, 3.63) is 47.8 Å². The second kappa shape index (κ2) is 3.99. The van der Waals surface area contributed by atoms with Gasteiger partial charge in [-0.15, -0.1) is 0 Å². The van der Waals surface area contributed by atoms with Gasteiger partial charge in [0.2, 0.25) is 0 Å². The predicted molar refractivity (Wildman–Crippen MR) is 58.3 cm³/mol. The van der Waals surface area contributed by atoms with Crippen LogP contribution in [0.2, 0.25) is 0 Å². The Labute approximate surface area is 92.7 Å². The highest BCUT2D eigenvalue weighted by atomic mass is 16.1. The van der Waals surface area contributed by atoms with Crippen LogP contribution in [0.4, 0.5) is 0 Å². The second-order valence-electron chi connectivity index (χ2n) is 3.34. The fraction of sp³-hybridized carbons (Fsp3) is 0.0833. The van der Waals surface area contributed by atoms with Crippen LogP contribution >= 0.6 is 0 Å². The molecule has 1 aromatic carbocycles. The van der Waals surface area contributed by atoms with Crippen molar-refractivity contribution in [2.24, 2.45) is 0 Å². The Bertz CT molecular complexity index is 561. The summed E-state index contributed by atoms with van der Waals surface area (Å²) in [4.78, 5) is 11.1. The van der Waals surface area contributed by atoms with Crippen LogP contribution in [0.3, 0.4) is 0 Å². The third-order valence-electron chi connectivity index (χ3n) is 2.28. The van der Waals surface area contributed by atoms with Gasteiger partial charge in [-0.3, -0.25) is 4.79 Å². The van der Waals surface area contributed by atoms with Gasteiger partial charge in [0.05, 0.1) is 11.9 Å². The molecule has 0 bridgehead atoms. The van der Waals surface area contributed by atoms with E-state index in [2.05, 4.69) is 5.10 Å². The summed E-state index contributed by atoms with van der Waals surface area (Å²) in [5, 5.41) is 12.9. The van der Waals surface area contributed by atoms with E-state index >= 15 is 0 Å². The number of carbonyl (C=O) groups excluding carboxylic acids is 1. The van der Waals surface area contributed by atoms with Crippen LogP contribution in [0.1, 0.15) is 23.0 Å². The van der Waals surface area contributed by atoms with E-state index < -0.39 is 0 Å². The Balaban J connectivity index is 2.43. The highest BCUT2D eigenvalue weighted by Crippen LogP contribution is 2.11. The number of nitriles is 1. The number of nitrogens with zero attached hydrogens (tertiary/aromatic N) is 3. The zero-order valence-electron chi connectivity index (χ0n) is 8.71. The minimum absolute atomic E-state index is 0.0209. The van der Waals surface area contributed by atoms with Crippen molar-refractivity contribution in [3.63, 3.8) is 0 Å². The molecule has 1 heterocycles. The summed E-state index contributed by atoms with van der Waals surface area (Å²) < 4.78 is 1.53. The molecular formula is C12H9N3O. The molecule has 4 nitrogen and oxygen atoms in total. The average Bonchev–Trinajstić information content (AvgIpc) is 2.77. The maximum atomic E-state index is 11.1. The lowest BCUT2D eigenvalue weighted by Crippen LogP contribution is -2.00. The van der Waals surface area contributed by atoms with Crippen molar-refractivity contribution in [1.82, 2.24) is 9.78 Å². The lowest BCUT2D eigenvalue weighted by Gasteiger charge is -2.03. The van der Waals surface area contributed by atoms with E-state index in [1.807, 2.05) is 6.07 Å². The molecule has 0 unspecified atom stereocenters. The largest absolute Gasteiger partial charge is 0.295 e. The number of Topliss-reactive ketones (excluding diaryl/α,β-unsaturated/α-hetero) is 1. The molecule has 0 saturated heterocycles. The molecule has 0 aliphatic heterocycles. The van der Waals surface area contributed by atoms with E-state index in [4.69, 9.17) is 5.26 Å². The van der Waals surface area contributed by atoms with Crippen LogP contribution in [0.25, 0.3) is 5.69 Å². The molecule has 2 aromatic rings. The van der Waals surface area contributed by atoms with Gasteiger partial charge in [0.15, 0.2) is 5.78 Å². The molecular weight excluding hydrogens is 202 g/mol. The number of benzene rings is 1. The van der Waals surface area contributed by atoms with E-state index in [0.29, 0.717) is 11.3 Å². The van der Waals surface area contributed by atoms with Crippen molar-refractivity contribution in [1.29, 1.82) is 5.26 Å². The van der Waals surface area contributed by atoms with Crippen LogP contribution in [-0.2, 0) is 0 Å². The fourth-order valence-corrected chi connectivity index (χ4v) is 1.43. The first kappa shape index (κ1) is 10.1. The third kappa shape index (κ3) is 1.71. The fourth-order valence-electron chi connectivity index (χ4n) is 1.43. The van der Waals surface area contributed by atoms with Gasteiger partial charge in [-0.25, -0.2) is 4.68 Å². The van der Waals surface area contributed by atoms with Crippen molar-refractivity contribution >= 4 is 5.78 Å². The normalized spacial score (nSPS) is 9.75. The van der Waals surface area contributed by atoms with Crippen molar-refractivity contribution in [2.75, 3.05) is 0 Å². The molecule has 0 saturated carbocycles. The summed E-state index contributed by atoms with van der Waals surface area (Å²) in [5.41, 5.74) is 1.89. The van der Waals surface area contributed by atoms with E-state index in [-0.39, 0.29) is 5.78 Å². The molecule has 0 aliphatic rings. The van der Waals surface area contributed by atoms with Crippen LogP contribution in [0, 0.1) is 11.3 Å². The van der Waals surface area contributed by atoms with Gasteiger partial charge in [-0.1, -0.05) is 0 Å². The minimum Gasteiger partial charge on any atom is -0.295 e. The molecule has 1 aromatic heterocycles. The number of aromatic nitrogens is 2. The Morgan fingerprint density at radius 3 is 2.56 bits per heavy atom. The quantitative estimate of drug-likeness (QED) is 0.713. The van der Waals surface area contributed by atoms with Crippen molar-refractivity contribution < 1.29 is 4.79 Å². The maximum Gasteiger partial charge on any atom is 0.159 e. The average molecular weight is 211 g/mol. The predicted octanol–water partition coefficient (Wildman–Crippen LogP) is 1.95. The number of carbonyl (C=O) groups is 1. The first-order valence-electron chi connectivity index (χ1n) is 4.78. The number of hydrogen-bond donors (Lipinski definition) is 0.